The van der Waals surface area contributed by atoms with E-state index in [4.69, 9.17) is 0 Å². The lowest BCUT2D eigenvalue weighted by molar-refractivity contribution is -0.110. The number of hydrogen-bond acceptors (Lipinski definition) is 1. The monoisotopic (exact) mass is 164 g/mol. The van der Waals surface area contributed by atoms with Gasteiger partial charge < -0.3 is 0 Å². The second-order valence-corrected chi connectivity index (χ2v) is 2.35. The molecule has 1 aromatic rings. The Hall–Kier alpha value is -1.44. The summed E-state index contributed by atoms with van der Waals surface area (Å²) in [6.07, 6.45) is 1.58. The fourth-order valence-electron chi connectivity index (χ4n) is 0.813. The molecule has 0 bridgehead atoms. The summed E-state index contributed by atoms with van der Waals surface area (Å²) in [5.74, 6) is 0. The van der Waals surface area contributed by atoms with Gasteiger partial charge in [0.1, 0.15) is 0 Å². The maximum absolute atomic E-state index is 12.4. The summed E-state index contributed by atoms with van der Waals surface area (Å²) in [6, 6.07) is 9.27. The molecule has 2 heteroatoms. The molecule has 0 amide bonds. The minimum Gasteiger partial charge on any atom is -0.300 e. The molecule has 0 aliphatic carbocycles. The van der Waals surface area contributed by atoms with Crippen molar-refractivity contribution in [3.8, 4) is 0 Å². The molecule has 0 aliphatic rings. The SMILES string of the molecule is O=CC(F)/C=C/c1ccccc1. The fourth-order valence-corrected chi connectivity index (χ4v) is 0.813. The van der Waals surface area contributed by atoms with E-state index >= 15 is 0 Å². The van der Waals surface area contributed by atoms with Gasteiger partial charge in [-0.05, 0) is 11.6 Å². The zero-order chi connectivity index (χ0) is 8.81. The minimum atomic E-state index is -1.50. The van der Waals surface area contributed by atoms with Crippen LogP contribution in [0.5, 0.6) is 0 Å². The van der Waals surface area contributed by atoms with E-state index in [2.05, 4.69) is 0 Å². The molecule has 1 atom stereocenters. The molecule has 0 N–H and O–H groups in total. The van der Waals surface area contributed by atoms with Crippen molar-refractivity contribution in [2.75, 3.05) is 0 Å². The van der Waals surface area contributed by atoms with E-state index in [0.29, 0.717) is 0 Å². The van der Waals surface area contributed by atoms with Crippen molar-refractivity contribution in [2.45, 2.75) is 6.17 Å². The van der Waals surface area contributed by atoms with Gasteiger partial charge in [-0.15, -0.1) is 0 Å². The number of benzene rings is 1. The van der Waals surface area contributed by atoms with Gasteiger partial charge in [-0.2, -0.15) is 0 Å². The first kappa shape index (κ1) is 8.65. The molecule has 0 spiro atoms. The predicted octanol–water partition coefficient (Wildman–Crippen LogP) is 2.24. The first-order chi connectivity index (χ1) is 5.83. The summed E-state index contributed by atoms with van der Waals surface area (Å²) in [5.41, 5.74) is 0.891. The number of alkyl halides is 1. The number of carbonyl (C=O) groups is 1. The van der Waals surface area contributed by atoms with Crippen LogP contribution in [0.1, 0.15) is 5.56 Å². The van der Waals surface area contributed by atoms with Gasteiger partial charge in [-0.3, -0.25) is 4.79 Å². The van der Waals surface area contributed by atoms with Gasteiger partial charge >= 0.3 is 0 Å². The van der Waals surface area contributed by atoms with Crippen LogP contribution in [0.15, 0.2) is 36.4 Å². The van der Waals surface area contributed by atoms with Crippen molar-refractivity contribution in [1.82, 2.24) is 0 Å². The predicted molar refractivity (Wildman–Crippen MR) is 46.4 cm³/mol. The van der Waals surface area contributed by atoms with E-state index in [1.54, 1.807) is 6.08 Å². The third kappa shape index (κ3) is 2.66. The second kappa shape index (κ2) is 4.44. The first-order valence-electron chi connectivity index (χ1n) is 3.65. The van der Waals surface area contributed by atoms with Crippen LogP contribution >= 0.6 is 0 Å². The fraction of sp³-hybridized carbons (Fsp3) is 0.100. The lowest BCUT2D eigenvalue weighted by Gasteiger charge is -1.91. The third-order valence-corrected chi connectivity index (χ3v) is 1.40. The molecular weight excluding hydrogens is 155 g/mol. The Morgan fingerprint density at radius 3 is 2.50 bits per heavy atom. The van der Waals surface area contributed by atoms with Crippen LogP contribution in [0, 0.1) is 0 Å². The van der Waals surface area contributed by atoms with Crippen LogP contribution < -0.4 is 0 Å². The molecule has 1 aromatic carbocycles. The van der Waals surface area contributed by atoms with Gasteiger partial charge in [0.15, 0.2) is 12.5 Å². The summed E-state index contributed by atoms with van der Waals surface area (Å²) in [7, 11) is 0. The number of allylic oxidation sites excluding steroid dienone is 1. The van der Waals surface area contributed by atoms with Crippen LogP contribution in [0.4, 0.5) is 4.39 Å². The molecule has 0 aromatic heterocycles. The highest BCUT2D eigenvalue weighted by atomic mass is 19.1. The molecule has 0 fully saturated rings. The maximum atomic E-state index is 12.4. The molecule has 12 heavy (non-hydrogen) atoms. The zero-order valence-corrected chi connectivity index (χ0v) is 6.48. The minimum absolute atomic E-state index is 0.263. The molecule has 62 valence electrons. The van der Waals surface area contributed by atoms with Gasteiger partial charge in [0, 0.05) is 0 Å². The molecule has 0 saturated carbocycles. The Morgan fingerprint density at radius 2 is 1.92 bits per heavy atom. The Labute approximate surface area is 70.5 Å². The molecule has 0 saturated heterocycles. The Balaban J connectivity index is 2.63. The lowest BCUT2D eigenvalue weighted by atomic mass is 10.2. The second-order valence-electron chi connectivity index (χ2n) is 2.35. The first-order valence-corrected chi connectivity index (χ1v) is 3.65. The number of rotatable bonds is 3. The van der Waals surface area contributed by atoms with Crippen molar-refractivity contribution in [3.63, 3.8) is 0 Å². The highest BCUT2D eigenvalue weighted by Crippen LogP contribution is 2.02. The molecule has 1 nitrogen and oxygen atoms in total. The van der Waals surface area contributed by atoms with Crippen LogP contribution in [0.25, 0.3) is 6.08 Å². The molecular formula is C10H9FO. The number of hydrogen-bond donors (Lipinski definition) is 0. The molecule has 0 aliphatic heterocycles. The average molecular weight is 164 g/mol. The Morgan fingerprint density at radius 1 is 1.25 bits per heavy atom. The Kier molecular flexibility index (Phi) is 3.20. The van der Waals surface area contributed by atoms with Gasteiger partial charge in [0.25, 0.3) is 0 Å². The van der Waals surface area contributed by atoms with Gasteiger partial charge in [-0.25, -0.2) is 4.39 Å². The maximum Gasteiger partial charge on any atom is 0.174 e. The van der Waals surface area contributed by atoms with Crippen LogP contribution in [0.2, 0.25) is 0 Å². The zero-order valence-electron chi connectivity index (χ0n) is 6.48. The normalized spacial score (nSPS) is 13.1. The summed E-state index contributed by atoms with van der Waals surface area (Å²) >= 11 is 0. The van der Waals surface area contributed by atoms with Gasteiger partial charge in [0.05, 0.1) is 0 Å². The van der Waals surface area contributed by atoms with Crippen molar-refractivity contribution in [2.24, 2.45) is 0 Å². The van der Waals surface area contributed by atoms with E-state index < -0.39 is 6.17 Å². The van der Waals surface area contributed by atoms with Gasteiger partial charge in [0.2, 0.25) is 0 Å². The quantitative estimate of drug-likeness (QED) is 0.626. The molecule has 1 rings (SSSR count). The number of aldehydes is 1. The summed E-state index contributed by atoms with van der Waals surface area (Å²) in [5, 5.41) is 0. The summed E-state index contributed by atoms with van der Waals surface area (Å²) < 4.78 is 12.4. The van der Waals surface area contributed by atoms with Crippen LogP contribution in [-0.4, -0.2) is 12.5 Å². The van der Waals surface area contributed by atoms with Crippen molar-refractivity contribution >= 4 is 12.4 Å². The third-order valence-electron chi connectivity index (χ3n) is 1.40. The topological polar surface area (TPSA) is 17.1 Å². The number of halogens is 1. The standard InChI is InChI=1S/C10H9FO/c11-10(8-12)7-6-9-4-2-1-3-5-9/h1-8,10H/b7-6+. The van der Waals surface area contributed by atoms with Crippen molar-refractivity contribution in [1.29, 1.82) is 0 Å². The largest absolute Gasteiger partial charge is 0.300 e. The summed E-state index contributed by atoms with van der Waals surface area (Å²) in [6.45, 7) is 0. The summed E-state index contributed by atoms with van der Waals surface area (Å²) in [4.78, 5) is 9.90. The average Bonchev–Trinajstić information content (AvgIpc) is 2.16. The van der Waals surface area contributed by atoms with E-state index in [-0.39, 0.29) is 6.29 Å². The van der Waals surface area contributed by atoms with Crippen LogP contribution in [-0.2, 0) is 4.79 Å². The lowest BCUT2D eigenvalue weighted by Crippen LogP contribution is -1.93. The molecule has 0 radical (unpaired) electrons. The van der Waals surface area contributed by atoms with E-state index in [1.807, 2.05) is 30.3 Å². The molecule has 1 unspecified atom stereocenters. The van der Waals surface area contributed by atoms with Crippen molar-refractivity contribution < 1.29 is 9.18 Å². The highest BCUT2D eigenvalue weighted by Gasteiger charge is 1.94. The Bertz CT molecular complexity index is 266. The van der Waals surface area contributed by atoms with E-state index in [1.165, 1.54) is 6.08 Å². The smallest absolute Gasteiger partial charge is 0.174 e. The van der Waals surface area contributed by atoms with E-state index in [9.17, 15) is 9.18 Å². The molecule has 0 heterocycles. The van der Waals surface area contributed by atoms with E-state index in [0.717, 1.165) is 5.56 Å². The number of carbonyl (C=O) groups excluding carboxylic acids is 1. The van der Waals surface area contributed by atoms with Crippen LogP contribution in [0.3, 0.4) is 0 Å². The van der Waals surface area contributed by atoms with Crippen molar-refractivity contribution in [3.05, 3.63) is 42.0 Å². The van der Waals surface area contributed by atoms with Gasteiger partial charge in [-0.1, -0.05) is 36.4 Å². The highest BCUT2D eigenvalue weighted by molar-refractivity contribution is 5.63.